The van der Waals surface area contributed by atoms with Gasteiger partial charge in [-0.25, -0.2) is 9.97 Å². The molecule has 2 heterocycles. The quantitative estimate of drug-likeness (QED) is 0.909. The lowest BCUT2D eigenvalue weighted by Crippen LogP contribution is -2.03. The highest BCUT2D eigenvalue weighted by Crippen LogP contribution is 2.23. The molecular formula is C9H8Br2N4. The maximum atomic E-state index is 4.23. The molecule has 15 heavy (non-hydrogen) atoms. The fourth-order valence-corrected chi connectivity index (χ4v) is 2.23. The zero-order chi connectivity index (χ0) is 10.7. The summed E-state index contributed by atoms with van der Waals surface area (Å²) < 4.78 is 1.86. The molecule has 0 atom stereocenters. The third-order valence-corrected chi connectivity index (χ3v) is 2.82. The van der Waals surface area contributed by atoms with E-state index in [1.807, 2.05) is 6.07 Å². The van der Waals surface area contributed by atoms with Crippen LogP contribution in [-0.2, 0) is 6.54 Å². The summed E-state index contributed by atoms with van der Waals surface area (Å²) in [6.45, 7) is 0.625. The van der Waals surface area contributed by atoms with Crippen molar-refractivity contribution < 1.29 is 0 Å². The average molecular weight is 332 g/mol. The summed E-state index contributed by atoms with van der Waals surface area (Å²) in [5, 5.41) is 3.17. The first-order valence-electron chi connectivity index (χ1n) is 4.29. The number of halogens is 2. The Morgan fingerprint density at radius 1 is 1.33 bits per heavy atom. The number of hydrogen-bond acceptors (Lipinski definition) is 3. The van der Waals surface area contributed by atoms with Crippen LogP contribution in [0.3, 0.4) is 0 Å². The van der Waals surface area contributed by atoms with Gasteiger partial charge in [0.05, 0.1) is 11.0 Å². The number of aromatic nitrogens is 3. The average Bonchev–Trinajstić information content (AvgIpc) is 2.69. The second-order valence-corrected chi connectivity index (χ2v) is 4.64. The minimum absolute atomic E-state index is 0.625. The molecule has 0 saturated carbocycles. The summed E-state index contributed by atoms with van der Waals surface area (Å²) in [4.78, 5) is 11.4. The van der Waals surface area contributed by atoms with E-state index in [9.17, 15) is 0 Å². The van der Waals surface area contributed by atoms with Crippen LogP contribution in [0.25, 0.3) is 0 Å². The molecule has 4 nitrogen and oxygen atoms in total. The van der Waals surface area contributed by atoms with E-state index in [0.717, 1.165) is 20.6 Å². The Bertz CT molecular complexity index is 441. The lowest BCUT2D eigenvalue weighted by atomic mass is 10.4. The van der Waals surface area contributed by atoms with Crippen molar-refractivity contribution in [2.75, 3.05) is 5.32 Å². The molecule has 2 rings (SSSR count). The maximum absolute atomic E-state index is 4.23. The molecule has 2 N–H and O–H groups in total. The number of H-pyrrole nitrogens is 1. The first-order chi connectivity index (χ1) is 7.25. The van der Waals surface area contributed by atoms with Gasteiger partial charge in [0.1, 0.15) is 11.6 Å². The number of imidazole rings is 1. The molecule has 0 aliphatic carbocycles. The smallest absolute Gasteiger partial charge is 0.140 e. The molecule has 0 aliphatic heterocycles. The molecule has 0 fully saturated rings. The summed E-state index contributed by atoms with van der Waals surface area (Å²) in [7, 11) is 0. The molecule has 0 spiro atoms. The van der Waals surface area contributed by atoms with Gasteiger partial charge < -0.3 is 10.3 Å². The Labute approximate surface area is 104 Å². The Morgan fingerprint density at radius 3 is 2.87 bits per heavy atom. The van der Waals surface area contributed by atoms with E-state index in [4.69, 9.17) is 0 Å². The zero-order valence-corrected chi connectivity index (χ0v) is 10.8. The summed E-state index contributed by atoms with van der Waals surface area (Å²) in [6, 6.07) is 1.94. The van der Waals surface area contributed by atoms with Gasteiger partial charge in [-0.1, -0.05) is 0 Å². The van der Waals surface area contributed by atoms with Gasteiger partial charge >= 0.3 is 0 Å². The fourth-order valence-electron chi connectivity index (χ4n) is 1.11. The van der Waals surface area contributed by atoms with Crippen molar-refractivity contribution in [3.63, 3.8) is 0 Å². The largest absolute Gasteiger partial charge is 0.362 e. The molecule has 0 unspecified atom stereocenters. The zero-order valence-electron chi connectivity index (χ0n) is 7.67. The van der Waals surface area contributed by atoms with E-state index in [0.29, 0.717) is 6.54 Å². The second kappa shape index (κ2) is 4.76. The lowest BCUT2D eigenvalue weighted by molar-refractivity contribution is 0.985. The highest BCUT2D eigenvalue weighted by molar-refractivity contribution is 9.11. The molecular weight excluding hydrogens is 324 g/mol. The normalized spacial score (nSPS) is 10.3. The van der Waals surface area contributed by atoms with Crippen molar-refractivity contribution in [3.05, 3.63) is 39.4 Å². The van der Waals surface area contributed by atoms with Crippen molar-refractivity contribution in [2.24, 2.45) is 0 Å². The van der Waals surface area contributed by atoms with E-state index in [1.54, 1.807) is 18.6 Å². The molecule has 2 aromatic rings. The van der Waals surface area contributed by atoms with Crippen LogP contribution in [0, 0.1) is 0 Å². The van der Waals surface area contributed by atoms with Gasteiger partial charge in [-0.3, -0.25) is 0 Å². The fraction of sp³-hybridized carbons (Fsp3) is 0.111. The number of pyridine rings is 1. The van der Waals surface area contributed by atoms with Crippen molar-refractivity contribution in [2.45, 2.75) is 6.54 Å². The topological polar surface area (TPSA) is 53.6 Å². The standard InChI is InChI=1S/C9H8Br2N4/c10-6-3-7(11)9(14-4-6)15-5-8-12-1-2-13-8/h1-4H,5H2,(H,12,13)(H,14,15). The molecule has 2 aromatic heterocycles. The molecule has 0 aromatic carbocycles. The van der Waals surface area contributed by atoms with Gasteiger partial charge in [-0.15, -0.1) is 0 Å². The highest BCUT2D eigenvalue weighted by atomic mass is 79.9. The van der Waals surface area contributed by atoms with Crippen LogP contribution in [0.1, 0.15) is 5.82 Å². The van der Waals surface area contributed by atoms with E-state index in [2.05, 4.69) is 52.1 Å². The predicted molar refractivity (Wildman–Crippen MR) is 65.6 cm³/mol. The van der Waals surface area contributed by atoms with Crippen molar-refractivity contribution >= 4 is 37.7 Å². The first kappa shape index (κ1) is 10.6. The van der Waals surface area contributed by atoms with Gasteiger partial charge in [-0.2, -0.15) is 0 Å². The molecule has 0 saturated heterocycles. The molecule has 0 radical (unpaired) electrons. The van der Waals surface area contributed by atoms with Crippen LogP contribution in [0.5, 0.6) is 0 Å². The van der Waals surface area contributed by atoms with E-state index in [-0.39, 0.29) is 0 Å². The third kappa shape index (κ3) is 2.79. The second-order valence-electron chi connectivity index (χ2n) is 2.87. The Morgan fingerprint density at radius 2 is 2.20 bits per heavy atom. The van der Waals surface area contributed by atoms with Crippen LogP contribution in [0.15, 0.2) is 33.6 Å². The number of hydrogen-bond donors (Lipinski definition) is 2. The van der Waals surface area contributed by atoms with E-state index in [1.165, 1.54) is 0 Å². The highest BCUT2D eigenvalue weighted by Gasteiger charge is 2.02. The number of nitrogens with one attached hydrogen (secondary N) is 2. The monoisotopic (exact) mass is 330 g/mol. The van der Waals surface area contributed by atoms with Crippen LogP contribution in [0.2, 0.25) is 0 Å². The first-order valence-corrected chi connectivity index (χ1v) is 5.87. The number of rotatable bonds is 3. The van der Waals surface area contributed by atoms with Gasteiger partial charge in [0.2, 0.25) is 0 Å². The Kier molecular flexibility index (Phi) is 3.37. The van der Waals surface area contributed by atoms with Crippen molar-refractivity contribution in [3.8, 4) is 0 Å². The Balaban J connectivity index is 2.05. The van der Waals surface area contributed by atoms with E-state index >= 15 is 0 Å². The minimum Gasteiger partial charge on any atom is -0.362 e. The molecule has 0 amide bonds. The SMILES string of the molecule is Brc1cnc(NCc2ncc[nH]2)c(Br)c1. The number of anilines is 1. The van der Waals surface area contributed by atoms with Crippen molar-refractivity contribution in [1.82, 2.24) is 15.0 Å². The maximum Gasteiger partial charge on any atom is 0.140 e. The van der Waals surface area contributed by atoms with Crippen LogP contribution < -0.4 is 5.32 Å². The van der Waals surface area contributed by atoms with E-state index < -0.39 is 0 Å². The third-order valence-electron chi connectivity index (χ3n) is 1.79. The van der Waals surface area contributed by atoms with Gasteiger partial charge in [0, 0.05) is 23.1 Å². The van der Waals surface area contributed by atoms with Crippen LogP contribution in [-0.4, -0.2) is 15.0 Å². The molecule has 0 bridgehead atoms. The minimum atomic E-state index is 0.625. The van der Waals surface area contributed by atoms with Crippen LogP contribution >= 0.6 is 31.9 Å². The summed E-state index contributed by atoms with van der Waals surface area (Å²) in [5.74, 6) is 1.68. The lowest BCUT2D eigenvalue weighted by Gasteiger charge is -2.05. The number of aromatic amines is 1. The molecule has 0 aliphatic rings. The van der Waals surface area contributed by atoms with Gasteiger partial charge in [-0.05, 0) is 37.9 Å². The van der Waals surface area contributed by atoms with Gasteiger partial charge in [0.25, 0.3) is 0 Å². The van der Waals surface area contributed by atoms with Crippen LogP contribution in [0.4, 0.5) is 5.82 Å². The summed E-state index contributed by atoms with van der Waals surface area (Å²) in [5.41, 5.74) is 0. The van der Waals surface area contributed by atoms with Crippen molar-refractivity contribution in [1.29, 1.82) is 0 Å². The number of nitrogens with zero attached hydrogens (tertiary/aromatic N) is 2. The predicted octanol–water partition coefficient (Wildman–Crippen LogP) is 2.94. The summed E-state index contributed by atoms with van der Waals surface area (Å²) in [6.07, 6.45) is 5.26. The molecule has 6 heteroatoms. The Hall–Kier alpha value is -0.880. The van der Waals surface area contributed by atoms with Gasteiger partial charge in [0.15, 0.2) is 0 Å². The molecule has 78 valence electrons. The summed E-state index contributed by atoms with van der Waals surface area (Å²) >= 11 is 6.77.